The van der Waals surface area contributed by atoms with Crippen LogP contribution >= 0.6 is 11.3 Å². The van der Waals surface area contributed by atoms with Crippen LogP contribution < -0.4 is 10.6 Å². The van der Waals surface area contributed by atoms with Crippen LogP contribution in [-0.2, 0) is 12.0 Å². The van der Waals surface area contributed by atoms with E-state index < -0.39 is 6.43 Å². The van der Waals surface area contributed by atoms with Gasteiger partial charge in [0.05, 0.1) is 18.8 Å². The number of guanidine groups is 1. The minimum atomic E-state index is -2.25. The summed E-state index contributed by atoms with van der Waals surface area (Å²) in [7, 11) is 1.74. The average molecular weight is 374 g/mol. The number of likely N-dealkylation sites (tertiary alicyclic amines) is 1. The summed E-state index contributed by atoms with van der Waals surface area (Å²) in [5, 5.41) is 9.81. The van der Waals surface area contributed by atoms with E-state index in [0.29, 0.717) is 19.6 Å². The van der Waals surface area contributed by atoms with E-state index >= 15 is 0 Å². The summed E-state index contributed by atoms with van der Waals surface area (Å²) < 4.78 is 24.9. The van der Waals surface area contributed by atoms with Crippen molar-refractivity contribution in [3.63, 3.8) is 0 Å². The molecule has 0 bridgehead atoms. The zero-order valence-electron chi connectivity index (χ0n) is 15.5. The number of nitrogens with one attached hydrogen (secondary N) is 2. The van der Waals surface area contributed by atoms with Crippen molar-refractivity contribution in [2.45, 2.75) is 58.0 Å². The highest BCUT2D eigenvalue weighted by Gasteiger charge is 2.22. The Morgan fingerprint density at radius 3 is 2.60 bits per heavy atom. The molecule has 25 heavy (non-hydrogen) atoms. The van der Waals surface area contributed by atoms with Crippen molar-refractivity contribution < 1.29 is 8.78 Å². The molecule has 1 saturated heterocycles. The van der Waals surface area contributed by atoms with Crippen LogP contribution in [0.2, 0.25) is 0 Å². The molecule has 0 spiro atoms. The third kappa shape index (κ3) is 6.51. The number of aromatic nitrogens is 1. The Morgan fingerprint density at radius 2 is 2.08 bits per heavy atom. The van der Waals surface area contributed by atoms with E-state index in [4.69, 9.17) is 0 Å². The number of hydrogen-bond donors (Lipinski definition) is 2. The quantitative estimate of drug-likeness (QED) is 0.616. The molecule has 0 saturated carbocycles. The molecule has 0 unspecified atom stereocenters. The molecule has 8 heteroatoms. The number of aliphatic imine (C=N–C) groups is 1. The number of thiazole rings is 1. The Bertz CT molecular complexity index is 560. The lowest BCUT2D eigenvalue weighted by Gasteiger charge is -2.32. The topological polar surface area (TPSA) is 52.6 Å². The second-order valence-electron chi connectivity index (χ2n) is 7.41. The summed E-state index contributed by atoms with van der Waals surface area (Å²) in [4.78, 5) is 10.7. The van der Waals surface area contributed by atoms with Gasteiger partial charge in [0.1, 0.15) is 5.01 Å². The molecule has 1 aromatic rings. The predicted molar refractivity (Wildman–Crippen MR) is 99.6 cm³/mol. The van der Waals surface area contributed by atoms with E-state index in [9.17, 15) is 8.78 Å². The minimum Gasteiger partial charge on any atom is -0.354 e. The number of rotatable bonds is 5. The molecule has 1 fully saturated rings. The van der Waals surface area contributed by atoms with Crippen molar-refractivity contribution >= 4 is 17.3 Å². The molecule has 2 N–H and O–H groups in total. The highest BCUT2D eigenvalue weighted by Crippen LogP contribution is 2.23. The first-order valence-corrected chi connectivity index (χ1v) is 9.58. The zero-order chi connectivity index (χ0) is 18.4. The van der Waals surface area contributed by atoms with Gasteiger partial charge in [0.15, 0.2) is 5.96 Å². The van der Waals surface area contributed by atoms with Gasteiger partial charge >= 0.3 is 0 Å². The summed E-state index contributed by atoms with van der Waals surface area (Å²) in [5.41, 5.74) is 1.16. The molecule has 0 radical (unpaired) electrons. The zero-order valence-corrected chi connectivity index (χ0v) is 16.3. The highest BCUT2D eigenvalue weighted by atomic mass is 32.1. The fourth-order valence-corrected chi connectivity index (χ4v) is 3.70. The predicted octanol–water partition coefficient (Wildman–Crippen LogP) is 2.84. The Kier molecular flexibility index (Phi) is 7.13. The van der Waals surface area contributed by atoms with Crippen molar-refractivity contribution in [2.24, 2.45) is 4.99 Å². The summed E-state index contributed by atoms with van der Waals surface area (Å²) in [5.74, 6) is 0.736. The summed E-state index contributed by atoms with van der Waals surface area (Å²) in [6.45, 7) is 8.35. The van der Waals surface area contributed by atoms with Crippen LogP contribution in [0.3, 0.4) is 0 Å². The molecular formula is C17H29F2N5S. The molecule has 5 nitrogen and oxygen atoms in total. The van der Waals surface area contributed by atoms with E-state index in [2.05, 4.69) is 46.8 Å². The van der Waals surface area contributed by atoms with Gasteiger partial charge in [-0.1, -0.05) is 20.8 Å². The monoisotopic (exact) mass is 373 g/mol. The van der Waals surface area contributed by atoms with Gasteiger partial charge in [0.25, 0.3) is 6.43 Å². The minimum absolute atomic E-state index is 0.0564. The van der Waals surface area contributed by atoms with Gasteiger partial charge in [-0.3, -0.25) is 9.89 Å². The Balaban J connectivity index is 1.77. The lowest BCUT2D eigenvalue weighted by atomic mass is 9.93. The first-order chi connectivity index (χ1) is 11.8. The molecule has 142 valence electrons. The third-order valence-electron chi connectivity index (χ3n) is 4.28. The van der Waals surface area contributed by atoms with Crippen LogP contribution in [0.5, 0.6) is 0 Å². The molecule has 2 heterocycles. The van der Waals surface area contributed by atoms with Crippen LogP contribution in [0.1, 0.15) is 44.3 Å². The van der Waals surface area contributed by atoms with Gasteiger partial charge in [0, 0.05) is 37.0 Å². The number of nitrogens with zero attached hydrogens (tertiary/aromatic N) is 3. The number of piperidine rings is 1. The maximum absolute atomic E-state index is 12.4. The summed E-state index contributed by atoms with van der Waals surface area (Å²) >= 11 is 1.65. The number of halogens is 2. The van der Waals surface area contributed by atoms with Crippen molar-refractivity contribution in [2.75, 3.05) is 26.7 Å². The lowest BCUT2D eigenvalue weighted by Crippen LogP contribution is -2.49. The van der Waals surface area contributed by atoms with Crippen LogP contribution in [-0.4, -0.2) is 55.0 Å². The smallest absolute Gasteiger partial charge is 0.251 e. The van der Waals surface area contributed by atoms with Crippen molar-refractivity contribution in [1.82, 2.24) is 20.5 Å². The summed E-state index contributed by atoms with van der Waals surface area (Å²) in [6.07, 6.45) is -0.562. The Morgan fingerprint density at radius 1 is 1.40 bits per heavy atom. The van der Waals surface area contributed by atoms with Gasteiger partial charge < -0.3 is 10.6 Å². The largest absolute Gasteiger partial charge is 0.354 e. The van der Waals surface area contributed by atoms with Gasteiger partial charge in [-0.2, -0.15) is 0 Å². The fraction of sp³-hybridized carbons (Fsp3) is 0.765. The van der Waals surface area contributed by atoms with E-state index in [-0.39, 0.29) is 18.0 Å². The third-order valence-corrected chi connectivity index (χ3v) is 5.12. The second kappa shape index (κ2) is 8.89. The first kappa shape index (κ1) is 20.0. The standard InChI is InChI=1S/C17H29F2N5S/c1-17(2,3)13-11-25-15(23-13)9-21-16(20-4)22-12-5-7-24(8-6-12)10-14(18)19/h11-12,14H,5-10H2,1-4H3,(H2,20,21,22). The molecule has 0 atom stereocenters. The molecule has 0 aromatic carbocycles. The van der Waals surface area contributed by atoms with Crippen LogP contribution in [0.15, 0.2) is 10.4 Å². The Hall–Kier alpha value is -1.28. The lowest BCUT2D eigenvalue weighted by molar-refractivity contribution is 0.0744. The normalized spacial score (nSPS) is 18.0. The number of hydrogen-bond acceptors (Lipinski definition) is 4. The highest BCUT2D eigenvalue weighted by molar-refractivity contribution is 7.09. The van der Waals surface area contributed by atoms with Gasteiger partial charge in [-0.15, -0.1) is 11.3 Å². The van der Waals surface area contributed by atoms with Crippen LogP contribution in [0, 0.1) is 0 Å². The van der Waals surface area contributed by atoms with Gasteiger partial charge in [0.2, 0.25) is 0 Å². The average Bonchev–Trinajstić information content (AvgIpc) is 3.02. The van der Waals surface area contributed by atoms with Crippen LogP contribution in [0.4, 0.5) is 8.78 Å². The van der Waals surface area contributed by atoms with E-state index in [1.165, 1.54) is 0 Å². The molecule has 1 aliphatic rings. The van der Waals surface area contributed by atoms with Crippen molar-refractivity contribution in [1.29, 1.82) is 0 Å². The maximum Gasteiger partial charge on any atom is 0.251 e. The van der Waals surface area contributed by atoms with E-state index in [1.54, 1.807) is 18.4 Å². The first-order valence-electron chi connectivity index (χ1n) is 8.70. The second-order valence-corrected chi connectivity index (χ2v) is 8.36. The molecule has 1 aliphatic heterocycles. The van der Waals surface area contributed by atoms with Crippen molar-refractivity contribution in [3.8, 4) is 0 Å². The van der Waals surface area contributed by atoms with Crippen molar-refractivity contribution in [3.05, 3.63) is 16.1 Å². The Labute approximate surface area is 152 Å². The SMILES string of the molecule is CN=C(NCc1nc(C(C)(C)C)cs1)NC1CCN(CC(F)F)CC1. The van der Waals surface area contributed by atoms with Gasteiger partial charge in [-0.05, 0) is 12.8 Å². The maximum atomic E-state index is 12.4. The van der Waals surface area contributed by atoms with Crippen LogP contribution in [0.25, 0.3) is 0 Å². The van der Waals surface area contributed by atoms with E-state index in [1.807, 2.05) is 4.90 Å². The van der Waals surface area contributed by atoms with Gasteiger partial charge in [-0.25, -0.2) is 13.8 Å². The number of alkyl halides is 2. The molecule has 0 aliphatic carbocycles. The molecular weight excluding hydrogens is 344 g/mol. The fourth-order valence-electron chi connectivity index (χ4n) is 2.74. The summed E-state index contributed by atoms with van der Waals surface area (Å²) in [6, 6.07) is 0.265. The molecule has 1 aromatic heterocycles. The van der Waals surface area contributed by atoms with E-state index in [0.717, 1.165) is 29.5 Å². The molecule has 2 rings (SSSR count). The molecule has 0 amide bonds.